The van der Waals surface area contributed by atoms with Crippen molar-refractivity contribution in [3.63, 3.8) is 0 Å². The maximum absolute atomic E-state index is 10.6. The van der Waals surface area contributed by atoms with Gasteiger partial charge in [0.05, 0.1) is 90.8 Å². The Morgan fingerprint density at radius 3 is 0.711 bits per heavy atom. The molecule has 0 amide bonds. The number of carboxylic acids is 2. The highest BCUT2D eigenvalue weighted by Gasteiger charge is 2.37. The van der Waals surface area contributed by atoms with Gasteiger partial charge < -0.3 is 24.4 Å². The van der Waals surface area contributed by atoms with E-state index < -0.39 is 59.9 Å². The summed E-state index contributed by atoms with van der Waals surface area (Å²) in [5, 5.41) is 20.9. The van der Waals surface area contributed by atoms with Crippen LogP contribution in [0.4, 0.5) is 0 Å². The number of hydrogen-bond donors (Lipinski definition) is 0. The van der Waals surface area contributed by atoms with E-state index >= 15 is 0 Å². The van der Waals surface area contributed by atoms with Crippen molar-refractivity contribution in [3.8, 4) is 0 Å². The third-order valence-corrected chi connectivity index (χ3v) is 29.9. The van der Waals surface area contributed by atoms with Gasteiger partial charge in [-0.3, -0.25) is 0 Å². The van der Waals surface area contributed by atoms with Crippen LogP contribution < -0.4 is 10.2 Å². The van der Waals surface area contributed by atoms with Gasteiger partial charge in [-0.25, -0.2) is 8.42 Å². The van der Waals surface area contributed by atoms with Crippen LogP contribution in [-0.4, -0.2) is 80.4 Å². The molecule has 428 valence electrons. The van der Waals surface area contributed by atoms with Crippen LogP contribution >= 0.6 is 21.8 Å². The third kappa shape index (κ3) is 30.4. The first-order chi connectivity index (χ1) is 36.5. The number of unbranched alkanes of at least 4 members (excludes halogenated alkanes) is 9. The summed E-state index contributed by atoms with van der Waals surface area (Å²) < 4.78 is 31.8. The van der Waals surface area contributed by atoms with Crippen LogP contribution in [0.1, 0.15) is 215 Å². The maximum Gasteiger partial charge on any atom is 0.124 e. The molecule has 0 aliphatic rings. The minimum atomic E-state index is -4.95. The molecule has 4 aromatic rings. The minimum absolute atomic E-state index is 0.518. The van der Waals surface area contributed by atoms with Crippen molar-refractivity contribution >= 4 is 43.8 Å². The molecule has 0 bridgehead atoms. The van der Waals surface area contributed by atoms with Gasteiger partial charge in [-0.2, -0.15) is 0 Å². The first-order valence-corrected chi connectivity index (χ1v) is 38.7. The average Bonchev–Trinajstić information content (AvgIpc) is 3.43. The second-order valence-corrected chi connectivity index (χ2v) is 35.8. The van der Waals surface area contributed by atoms with Crippen LogP contribution in [0.3, 0.4) is 0 Å². The van der Waals surface area contributed by atoms with Crippen molar-refractivity contribution in [1.82, 2.24) is 0 Å². The Bertz CT molecular complexity index is 1930. The van der Waals surface area contributed by atoms with E-state index in [1.165, 1.54) is 190 Å². The normalized spacial score (nSPS) is 11.6. The van der Waals surface area contributed by atoms with E-state index in [0.717, 1.165) is 0 Å². The topological polar surface area (TPSA) is 137 Å². The van der Waals surface area contributed by atoms with Gasteiger partial charge in [0.15, 0.2) is 0 Å². The van der Waals surface area contributed by atoms with E-state index in [1.54, 1.807) is 16.7 Å². The lowest BCUT2D eigenvalue weighted by atomic mass is 10.1. The van der Waals surface area contributed by atoms with Gasteiger partial charge in [-0.1, -0.05) is 211 Å². The fourth-order valence-corrected chi connectivity index (χ4v) is 25.9. The average molecular weight is 1120 g/mol. The van der Waals surface area contributed by atoms with Crippen LogP contribution in [0.25, 0.3) is 0 Å². The highest BCUT2D eigenvalue weighted by molar-refractivity contribution is 7.85. The summed E-state index contributed by atoms with van der Waals surface area (Å²) in [6.07, 6.45) is 43.1. The quantitative estimate of drug-likeness (QED) is 0.0327. The minimum Gasteiger partial charge on any atom is -0.744 e. The molecule has 0 aliphatic heterocycles. The van der Waals surface area contributed by atoms with Crippen LogP contribution in [0.2, 0.25) is 0 Å². The number of benzene rings is 4. The molecule has 0 N–H and O–H groups in total. The number of carboxylic acid groups (broad SMARTS) is 2. The Hall–Kier alpha value is -2.98. The molecular weight excluding hydrogens is 1020 g/mol. The standard InChI is InChI=1S/3C19H34P.C8H6O7S/c3*1-4-7-15-20(16-8-5-2,17-9-6-3)18-19-13-11-10-12-14-19;9-7(10)4-1-5(8(11)12)3-6(2-4)16(13,14)15/h3*10-14H,4-9,15-18H2,1-3H3;1-3H,(H,9,10)(H,11,12)(H,13,14,15)/q3*+1;/p-3. The first kappa shape index (κ1) is 71.0. The molecule has 0 fully saturated rings. The number of carbonyl (C=O) groups excluding carboxylic acids is 2. The zero-order valence-corrected chi connectivity index (χ0v) is 52.7. The van der Waals surface area contributed by atoms with Crippen LogP contribution in [-0.2, 0) is 28.6 Å². The second kappa shape index (κ2) is 42.0. The fraction of sp³-hybridized carbons (Fsp3) is 0.600. The maximum atomic E-state index is 10.6. The van der Waals surface area contributed by atoms with Crippen LogP contribution in [0.15, 0.2) is 114 Å². The Labute approximate surface area is 467 Å². The Balaban J connectivity index is 0.000000508. The largest absolute Gasteiger partial charge is 0.744 e. The number of rotatable bonds is 36. The van der Waals surface area contributed by atoms with Gasteiger partial charge in [0.2, 0.25) is 0 Å². The summed E-state index contributed by atoms with van der Waals surface area (Å²) in [6.45, 7) is 21.1. The molecule has 0 saturated heterocycles. The van der Waals surface area contributed by atoms with Gasteiger partial charge in [0.25, 0.3) is 0 Å². The summed E-state index contributed by atoms with van der Waals surface area (Å²) >= 11 is 0. The molecule has 7 nitrogen and oxygen atoms in total. The van der Waals surface area contributed by atoms with Crippen molar-refractivity contribution in [2.24, 2.45) is 0 Å². The van der Waals surface area contributed by atoms with Gasteiger partial charge in [0, 0.05) is 21.8 Å². The number of aromatic carboxylic acids is 2. The van der Waals surface area contributed by atoms with E-state index in [0.29, 0.717) is 18.2 Å². The molecule has 76 heavy (non-hydrogen) atoms. The van der Waals surface area contributed by atoms with Crippen LogP contribution in [0, 0.1) is 0 Å². The molecule has 0 atom stereocenters. The molecular formula is C65H105O7P3S. The lowest BCUT2D eigenvalue weighted by Gasteiger charge is -2.28. The van der Waals surface area contributed by atoms with Crippen molar-refractivity contribution in [3.05, 3.63) is 137 Å². The summed E-state index contributed by atoms with van der Waals surface area (Å²) in [6, 6.07) is 35.5. The Kier molecular flexibility index (Phi) is 39.2. The van der Waals surface area contributed by atoms with E-state index in [2.05, 4.69) is 153 Å². The second-order valence-electron chi connectivity index (χ2n) is 21.4. The highest BCUT2D eigenvalue weighted by Crippen LogP contribution is 2.65. The van der Waals surface area contributed by atoms with Crippen molar-refractivity contribution in [1.29, 1.82) is 0 Å². The molecule has 0 heterocycles. The van der Waals surface area contributed by atoms with Crippen molar-refractivity contribution < 1.29 is 32.8 Å². The van der Waals surface area contributed by atoms with Gasteiger partial charge in [0.1, 0.15) is 10.1 Å². The monoisotopic (exact) mass is 1120 g/mol. The first-order valence-electron chi connectivity index (χ1n) is 29.7. The number of hydrogen-bond acceptors (Lipinski definition) is 7. The lowest BCUT2D eigenvalue weighted by molar-refractivity contribution is -0.255. The van der Waals surface area contributed by atoms with E-state index in [9.17, 15) is 32.8 Å². The zero-order valence-electron chi connectivity index (χ0n) is 49.2. The number of carbonyl (C=O) groups is 2. The zero-order chi connectivity index (χ0) is 56.6. The molecule has 0 radical (unpaired) electrons. The smallest absolute Gasteiger partial charge is 0.124 e. The van der Waals surface area contributed by atoms with Gasteiger partial charge in [-0.05, 0) is 104 Å². The van der Waals surface area contributed by atoms with Crippen LogP contribution in [0.5, 0.6) is 0 Å². The lowest BCUT2D eigenvalue weighted by Crippen LogP contribution is -2.26. The Morgan fingerprint density at radius 1 is 0.355 bits per heavy atom. The van der Waals surface area contributed by atoms with Gasteiger partial charge >= 0.3 is 0 Å². The summed E-state index contributed by atoms with van der Waals surface area (Å²) in [4.78, 5) is 19.9. The predicted octanol–water partition coefficient (Wildman–Crippen LogP) is 17.1. The molecule has 0 saturated carbocycles. The van der Waals surface area contributed by atoms with Gasteiger partial charge in [-0.15, -0.1) is 0 Å². The van der Waals surface area contributed by atoms with E-state index in [1.807, 2.05) is 0 Å². The summed E-state index contributed by atoms with van der Waals surface area (Å²) in [7, 11) is -7.25. The molecule has 0 aromatic heterocycles. The Morgan fingerprint density at radius 2 is 0.553 bits per heavy atom. The van der Waals surface area contributed by atoms with Crippen molar-refractivity contribution in [2.45, 2.75) is 201 Å². The van der Waals surface area contributed by atoms with Crippen molar-refractivity contribution in [2.75, 3.05) is 55.5 Å². The van der Waals surface area contributed by atoms with E-state index in [4.69, 9.17) is 0 Å². The highest BCUT2D eigenvalue weighted by atomic mass is 32.2. The summed E-state index contributed by atoms with van der Waals surface area (Å²) in [5.41, 5.74) is 3.31. The summed E-state index contributed by atoms with van der Waals surface area (Å²) in [5.74, 6) is -3.60. The molecule has 4 rings (SSSR count). The molecule has 0 unspecified atom stereocenters. The molecule has 11 heteroatoms. The molecule has 4 aromatic carbocycles. The van der Waals surface area contributed by atoms with E-state index in [-0.39, 0.29) is 0 Å². The SMILES string of the molecule is CCCC[P+](CCCC)(CCCC)Cc1ccccc1.CCCC[P+](CCCC)(CCCC)Cc1ccccc1.CCCC[P+](CCCC)(CCCC)Cc1ccccc1.O=C([O-])c1cc(C(=O)[O-])cc(S(=O)(=O)[O-])c1. The third-order valence-electron chi connectivity index (χ3n) is 14.6. The molecule has 0 aliphatic carbocycles. The fourth-order valence-electron chi connectivity index (χ4n) is 10.1. The predicted molar refractivity (Wildman–Crippen MR) is 332 cm³/mol. The molecule has 0 spiro atoms.